The highest BCUT2D eigenvalue weighted by Gasteiger charge is 2.33. The summed E-state index contributed by atoms with van der Waals surface area (Å²) < 4.78 is 0. The van der Waals surface area contributed by atoms with Crippen molar-refractivity contribution in [2.24, 2.45) is 11.5 Å². The Labute approximate surface area is 188 Å². The molecule has 1 saturated heterocycles. The molecule has 15 heteroatoms. The van der Waals surface area contributed by atoms with Crippen LogP contribution < -0.4 is 32.7 Å². The predicted octanol–water partition coefficient (Wildman–Crippen LogP) is -4.11. The third-order valence-corrected chi connectivity index (χ3v) is 4.72. The lowest BCUT2D eigenvalue weighted by atomic mass is 10.1. The van der Waals surface area contributed by atoms with Crippen LogP contribution in [0.25, 0.3) is 0 Å². The molecule has 1 rings (SSSR count). The van der Waals surface area contributed by atoms with Gasteiger partial charge in [-0.05, 0) is 25.8 Å². The molecule has 5 amide bonds. The number of carbonyl (C=O) groups is 7. The largest absolute Gasteiger partial charge is 0.481 e. The molecule has 10 N–H and O–H groups in total. The number of carboxylic acid groups (broad SMARTS) is 2. The molecule has 0 aromatic heterocycles. The lowest BCUT2D eigenvalue weighted by Crippen LogP contribution is -2.57. The van der Waals surface area contributed by atoms with E-state index in [0.717, 1.165) is 6.42 Å². The smallest absolute Gasteiger partial charge is 0.326 e. The van der Waals surface area contributed by atoms with E-state index in [9.17, 15) is 33.6 Å². The van der Waals surface area contributed by atoms with Gasteiger partial charge in [0.05, 0.1) is 18.9 Å². The second-order valence-corrected chi connectivity index (χ2v) is 7.44. The molecular formula is C18H28N6O9. The molecule has 15 nitrogen and oxygen atoms in total. The number of primary amides is 2. The Balaban J connectivity index is 2.97. The average Bonchev–Trinajstić information content (AvgIpc) is 3.23. The molecule has 4 atom stereocenters. The van der Waals surface area contributed by atoms with E-state index in [0.29, 0.717) is 13.0 Å². The maximum Gasteiger partial charge on any atom is 0.326 e. The molecule has 0 aliphatic carbocycles. The average molecular weight is 472 g/mol. The van der Waals surface area contributed by atoms with E-state index in [4.69, 9.17) is 21.7 Å². The molecular weight excluding hydrogens is 444 g/mol. The van der Waals surface area contributed by atoms with Crippen LogP contribution in [0.2, 0.25) is 0 Å². The van der Waals surface area contributed by atoms with Gasteiger partial charge in [0.15, 0.2) is 0 Å². The molecule has 0 bridgehead atoms. The Bertz CT molecular complexity index is 796. The molecule has 184 valence electrons. The normalized spacial score (nSPS) is 17.8. The van der Waals surface area contributed by atoms with Crippen LogP contribution in [0.1, 0.15) is 38.5 Å². The second-order valence-electron chi connectivity index (χ2n) is 7.44. The predicted molar refractivity (Wildman–Crippen MR) is 109 cm³/mol. The Hall–Kier alpha value is -3.75. The van der Waals surface area contributed by atoms with E-state index >= 15 is 0 Å². The number of carboxylic acids is 2. The molecule has 0 aromatic carbocycles. The SMILES string of the molecule is NC(=O)CCC(NC(=O)C(CC(=O)O)NC(=O)C1CCCN1)C(=O)NC(CC(N)=O)C(=O)O. The van der Waals surface area contributed by atoms with E-state index in [-0.39, 0.29) is 12.8 Å². The number of hydrogen-bond acceptors (Lipinski definition) is 8. The number of amides is 5. The highest BCUT2D eigenvalue weighted by molar-refractivity contribution is 5.96. The first-order chi connectivity index (χ1) is 15.4. The number of aliphatic carboxylic acids is 2. The number of nitrogens with one attached hydrogen (secondary N) is 4. The minimum absolute atomic E-state index is 0.353. The van der Waals surface area contributed by atoms with Crippen molar-refractivity contribution in [3.05, 3.63) is 0 Å². The molecule has 1 fully saturated rings. The van der Waals surface area contributed by atoms with Crippen LogP contribution >= 0.6 is 0 Å². The van der Waals surface area contributed by atoms with Crippen molar-refractivity contribution in [3.8, 4) is 0 Å². The van der Waals surface area contributed by atoms with Gasteiger partial charge in [0.25, 0.3) is 0 Å². The molecule has 33 heavy (non-hydrogen) atoms. The monoisotopic (exact) mass is 472 g/mol. The van der Waals surface area contributed by atoms with Crippen molar-refractivity contribution in [1.82, 2.24) is 21.3 Å². The summed E-state index contributed by atoms with van der Waals surface area (Å²) in [5.74, 6) is -7.52. The van der Waals surface area contributed by atoms with Crippen molar-refractivity contribution in [2.75, 3.05) is 6.54 Å². The molecule has 0 aromatic rings. The molecule has 0 spiro atoms. The molecule has 1 aliphatic heterocycles. The van der Waals surface area contributed by atoms with Crippen LogP contribution in [-0.2, 0) is 33.6 Å². The van der Waals surface area contributed by atoms with Gasteiger partial charge in [-0.25, -0.2) is 4.79 Å². The third kappa shape index (κ3) is 9.94. The maximum absolute atomic E-state index is 12.7. The van der Waals surface area contributed by atoms with Crippen LogP contribution in [0.5, 0.6) is 0 Å². The van der Waals surface area contributed by atoms with Crippen molar-refractivity contribution < 1.29 is 43.8 Å². The topological polar surface area (TPSA) is 260 Å². The fourth-order valence-electron chi connectivity index (χ4n) is 3.07. The summed E-state index contributed by atoms with van der Waals surface area (Å²) in [6.45, 7) is 0.583. The van der Waals surface area contributed by atoms with Crippen LogP contribution in [0, 0.1) is 0 Å². The zero-order valence-electron chi connectivity index (χ0n) is 17.7. The fourth-order valence-corrected chi connectivity index (χ4v) is 3.07. The van der Waals surface area contributed by atoms with Gasteiger partial charge in [0.1, 0.15) is 18.1 Å². The van der Waals surface area contributed by atoms with Gasteiger partial charge in [0, 0.05) is 6.42 Å². The Kier molecular flexibility index (Phi) is 10.7. The third-order valence-electron chi connectivity index (χ3n) is 4.72. The Morgan fingerprint density at radius 1 is 0.848 bits per heavy atom. The first kappa shape index (κ1) is 27.3. The number of hydrogen-bond donors (Lipinski definition) is 8. The minimum Gasteiger partial charge on any atom is -0.481 e. The summed E-state index contributed by atoms with van der Waals surface area (Å²) >= 11 is 0. The van der Waals surface area contributed by atoms with Crippen molar-refractivity contribution >= 4 is 41.5 Å². The standard InChI is InChI=1S/C18H28N6O9/c19-12(25)4-3-9(16(30)24-11(18(32)33)6-13(20)26)22-17(31)10(7-14(27)28)23-15(29)8-2-1-5-21-8/h8-11,21H,1-7H2,(H2,19,25)(H2,20,26)(H,22,31)(H,23,29)(H,24,30)(H,27,28)(H,32,33). The fraction of sp³-hybridized carbons (Fsp3) is 0.611. The van der Waals surface area contributed by atoms with Crippen LogP contribution in [-0.4, -0.2) is 82.4 Å². The first-order valence-corrected chi connectivity index (χ1v) is 10.1. The summed E-state index contributed by atoms with van der Waals surface area (Å²) in [4.78, 5) is 82.2. The van der Waals surface area contributed by atoms with E-state index in [1.54, 1.807) is 0 Å². The van der Waals surface area contributed by atoms with Crippen LogP contribution in [0.4, 0.5) is 0 Å². The summed E-state index contributed by atoms with van der Waals surface area (Å²) in [6.07, 6.45) is -1.05. The van der Waals surface area contributed by atoms with Gasteiger partial charge in [-0.2, -0.15) is 0 Å². The van der Waals surface area contributed by atoms with Crippen molar-refractivity contribution in [2.45, 2.75) is 62.7 Å². The Morgan fingerprint density at radius 2 is 1.45 bits per heavy atom. The number of carbonyl (C=O) groups excluding carboxylic acids is 5. The number of rotatable bonds is 14. The summed E-state index contributed by atoms with van der Waals surface area (Å²) in [6, 6.07) is -5.38. The van der Waals surface area contributed by atoms with Gasteiger partial charge in [-0.3, -0.25) is 28.8 Å². The quantitative estimate of drug-likeness (QED) is 0.121. The highest BCUT2D eigenvalue weighted by atomic mass is 16.4. The summed E-state index contributed by atoms with van der Waals surface area (Å²) in [5.41, 5.74) is 10.0. The van der Waals surface area contributed by atoms with E-state index in [1.807, 2.05) is 5.32 Å². The molecule has 4 unspecified atom stereocenters. The zero-order chi connectivity index (χ0) is 25.1. The summed E-state index contributed by atoms with van der Waals surface area (Å²) in [7, 11) is 0. The van der Waals surface area contributed by atoms with Crippen molar-refractivity contribution in [3.63, 3.8) is 0 Å². The molecule has 1 aliphatic rings. The number of nitrogens with two attached hydrogens (primary N) is 2. The van der Waals surface area contributed by atoms with Crippen LogP contribution in [0.3, 0.4) is 0 Å². The van der Waals surface area contributed by atoms with Gasteiger partial charge in [0.2, 0.25) is 29.5 Å². The lowest BCUT2D eigenvalue weighted by molar-refractivity contribution is -0.144. The second kappa shape index (κ2) is 12.9. The summed E-state index contributed by atoms with van der Waals surface area (Å²) in [5, 5.41) is 27.7. The van der Waals surface area contributed by atoms with Gasteiger partial charge in [-0.1, -0.05) is 0 Å². The van der Waals surface area contributed by atoms with Gasteiger partial charge < -0.3 is 42.9 Å². The molecule has 1 heterocycles. The maximum atomic E-state index is 12.7. The van der Waals surface area contributed by atoms with Gasteiger partial charge in [-0.15, -0.1) is 0 Å². The highest BCUT2D eigenvalue weighted by Crippen LogP contribution is 2.07. The van der Waals surface area contributed by atoms with E-state index in [2.05, 4.69) is 16.0 Å². The van der Waals surface area contributed by atoms with E-state index in [1.165, 1.54) is 0 Å². The molecule has 0 saturated carbocycles. The van der Waals surface area contributed by atoms with Gasteiger partial charge >= 0.3 is 11.9 Å². The van der Waals surface area contributed by atoms with Crippen molar-refractivity contribution in [1.29, 1.82) is 0 Å². The minimum atomic E-state index is -1.70. The lowest BCUT2D eigenvalue weighted by Gasteiger charge is -2.24. The first-order valence-electron chi connectivity index (χ1n) is 10.1. The van der Waals surface area contributed by atoms with Crippen LogP contribution in [0.15, 0.2) is 0 Å². The Morgan fingerprint density at radius 3 is 1.94 bits per heavy atom. The van der Waals surface area contributed by atoms with E-state index < -0.39 is 78.5 Å². The molecule has 0 radical (unpaired) electrons. The zero-order valence-corrected chi connectivity index (χ0v) is 17.7.